The first-order chi connectivity index (χ1) is 19.7. The summed E-state index contributed by atoms with van der Waals surface area (Å²) in [6, 6.07) is 12.2. The van der Waals surface area contributed by atoms with Crippen LogP contribution in [0.3, 0.4) is 0 Å². The van der Waals surface area contributed by atoms with Gasteiger partial charge in [0.15, 0.2) is 0 Å². The first kappa shape index (κ1) is 41.0. The van der Waals surface area contributed by atoms with Crippen LogP contribution in [0.15, 0.2) is 36.4 Å². The van der Waals surface area contributed by atoms with Gasteiger partial charge in [-0.3, -0.25) is 0 Å². The highest BCUT2D eigenvalue weighted by Gasteiger charge is 2.55. The second-order valence-corrected chi connectivity index (χ2v) is 17.2. The summed E-state index contributed by atoms with van der Waals surface area (Å²) in [6.45, 7) is 23.8. The van der Waals surface area contributed by atoms with Gasteiger partial charge in [-0.1, -0.05) is 119 Å². The zero-order valence-electron chi connectivity index (χ0n) is 28.5. The average Bonchev–Trinajstić information content (AvgIpc) is 2.86. The van der Waals surface area contributed by atoms with E-state index in [1.165, 1.54) is 0 Å². The van der Waals surface area contributed by atoms with Crippen LogP contribution in [0.4, 0.5) is 0 Å². The third-order valence-corrected chi connectivity index (χ3v) is 9.16. The Kier molecular flexibility index (Phi) is 13.8. The molecule has 0 unspecified atom stereocenters. The van der Waals surface area contributed by atoms with E-state index < -0.39 is 48.0 Å². The van der Waals surface area contributed by atoms with Crippen LogP contribution in [0.25, 0.3) is 0 Å². The lowest BCUT2D eigenvalue weighted by Crippen LogP contribution is -2.55. The molecule has 0 fully saturated rings. The van der Waals surface area contributed by atoms with Gasteiger partial charge in [-0.05, 0) is 55.0 Å². The monoisotopic (exact) mass is 658 g/mol. The van der Waals surface area contributed by atoms with Crippen molar-refractivity contribution < 1.29 is 44.3 Å². The van der Waals surface area contributed by atoms with Crippen LogP contribution in [0, 0.1) is 5.41 Å². The number of benzene rings is 2. The molecular formula is C33H56O9P2. The number of hydrogen-bond acceptors (Lipinski definition) is 9. The van der Waals surface area contributed by atoms with E-state index in [2.05, 4.69) is 99.5 Å². The molecule has 0 aliphatic heterocycles. The quantitative estimate of drug-likeness (QED) is 0.171. The summed E-state index contributed by atoms with van der Waals surface area (Å²) in [4.78, 5) is 31.3. The lowest BCUT2D eigenvalue weighted by atomic mass is 9.60. The molecule has 0 heterocycles. The largest absolute Gasteiger partial charge is 0.395 e. The van der Waals surface area contributed by atoms with Crippen molar-refractivity contribution >= 4 is 17.2 Å². The lowest BCUT2D eigenvalue weighted by molar-refractivity contribution is -0.137. The van der Waals surface area contributed by atoms with Crippen molar-refractivity contribution in [3.05, 3.63) is 69.8 Å². The summed E-state index contributed by atoms with van der Waals surface area (Å²) in [5.74, 6) is 0. The fraction of sp³-hybridized carbons (Fsp3) is 0.636. The van der Waals surface area contributed by atoms with Gasteiger partial charge in [0.05, 0.1) is 25.2 Å². The van der Waals surface area contributed by atoms with E-state index in [0.717, 1.165) is 22.3 Å². The van der Waals surface area contributed by atoms with Crippen molar-refractivity contribution in [3.63, 3.8) is 0 Å². The van der Waals surface area contributed by atoms with Gasteiger partial charge in [0.25, 0.3) is 0 Å². The third kappa shape index (κ3) is 9.49. The Hall–Kier alpha value is -1.06. The van der Waals surface area contributed by atoms with E-state index in [4.69, 9.17) is 19.6 Å². The van der Waals surface area contributed by atoms with Crippen LogP contribution in [0.2, 0.25) is 0 Å². The van der Waals surface area contributed by atoms with E-state index in [1.54, 1.807) is 0 Å². The topological polar surface area (TPSA) is 171 Å². The Balaban J connectivity index is 0.00000123. The first-order valence-corrected chi connectivity index (χ1v) is 17.0. The molecule has 8 N–H and O–H groups in total. The summed E-state index contributed by atoms with van der Waals surface area (Å²) >= 11 is 0. The molecule has 0 aliphatic carbocycles. The molecule has 0 atom stereocenters. The van der Waals surface area contributed by atoms with Gasteiger partial charge in [0.2, 0.25) is 0 Å². The summed E-state index contributed by atoms with van der Waals surface area (Å²) in [6.07, 6.45) is 0. The molecule has 0 aliphatic rings. The predicted molar refractivity (Wildman–Crippen MR) is 178 cm³/mol. The molecule has 0 bridgehead atoms. The van der Waals surface area contributed by atoms with Gasteiger partial charge in [0.1, 0.15) is 5.60 Å². The highest BCUT2D eigenvalue weighted by atomic mass is 31.2. The zero-order chi connectivity index (χ0) is 34.7. The predicted octanol–water partition coefficient (Wildman–Crippen LogP) is 5.50. The molecule has 0 saturated heterocycles. The smallest absolute Gasteiger partial charge is 0.334 e. The highest BCUT2D eigenvalue weighted by Crippen LogP contribution is 2.51. The molecule has 11 heteroatoms. The van der Waals surface area contributed by atoms with Gasteiger partial charge in [-0.2, -0.15) is 0 Å². The Bertz CT molecular complexity index is 1120. The standard InChI is InChI=1S/C33H52O4.H4O5P2/c1-28(2,3)22-13-15-24(26(17-22)30(7,8)9)33(37,32(19-34,20-35)21-36)25-16-14-23(29(4,5)6)18-27(25)31(10,11)12;1-6(2)5-7(3)4/h13-18,34-37H,19-21H2,1-12H3;1-4H. The Morgan fingerprint density at radius 1 is 0.500 bits per heavy atom. The molecule has 0 radical (unpaired) electrons. The maximum atomic E-state index is 13.1. The minimum absolute atomic E-state index is 0.108. The van der Waals surface area contributed by atoms with Crippen LogP contribution in [0.5, 0.6) is 0 Å². The molecule has 0 spiro atoms. The van der Waals surface area contributed by atoms with Crippen LogP contribution in [0.1, 0.15) is 116 Å². The van der Waals surface area contributed by atoms with Gasteiger partial charge < -0.3 is 40.0 Å². The van der Waals surface area contributed by atoms with E-state index in [9.17, 15) is 20.4 Å². The number of aliphatic hydroxyl groups is 4. The minimum atomic E-state index is -2.61. The minimum Gasteiger partial charge on any atom is -0.395 e. The maximum absolute atomic E-state index is 13.1. The summed E-state index contributed by atoms with van der Waals surface area (Å²) in [5.41, 5.74) is 0.863. The van der Waals surface area contributed by atoms with Crippen molar-refractivity contribution in [3.8, 4) is 0 Å². The van der Waals surface area contributed by atoms with Crippen molar-refractivity contribution in [1.29, 1.82) is 0 Å². The molecule has 2 rings (SSSR count). The SMILES string of the molecule is CC(C)(C)c1ccc(C(O)(c2ccc(C(C)(C)C)cc2C(C)(C)C)C(CO)(CO)CO)c(C(C)(C)C)c1.OP(O)OP(O)O. The van der Waals surface area contributed by atoms with Crippen LogP contribution in [-0.2, 0) is 31.6 Å². The van der Waals surface area contributed by atoms with Gasteiger partial charge in [-0.25, -0.2) is 4.31 Å². The Morgan fingerprint density at radius 3 is 0.977 bits per heavy atom. The summed E-state index contributed by atoms with van der Waals surface area (Å²) < 4.78 is 3.60. The molecular weight excluding hydrogens is 602 g/mol. The highest BCUT2D eigenvalue weighted by molar-refractivity contribution is 7.53. The van der Waals surface area contributed by atoms with Gasteiger partial charge >= 0.3 is 17.2 Å². The van der Waals surface area contributed by atoms with Crippen molar-refractivity contribution in [2.75, 3.05) is 19.8 Å². The third-order valence-electron chi connectivity index (χ3n) is 7.99. The fourth-order valence-electron chi connectivity index (χ4n) is 5.17. The molecule has 9 nitrogen and oxygen atoms in total. The molecule has 0 saturated carbocycles. The first-order valence-electron chi connectivity index (χ1n) is 14.6. The summed E-state index contributed by atoms with van der Waals surface area (Å²) in [5, 5.41) is 45.2. The Morgan fingerprint density at radius 2 is 0.795 bits per heavy atom. The molecule has 0 amide bonds. The number of rotatable bonds is 8. The second kappa shape index (κ2) is 14.8. The van der Waals surface area contributed by atoms with E-state index in [-0.39, 0.29) is 21.7 Å². The van der Waals surface area contributed by atoms with Crippen molar-refractivity contribution in [2.45, 2.75) is 110 Å². The van der Waals surface area contributed by atoms with Crippen molar-refractivity contribution in [1.82, 2.24) is 0 Å². The van der Waals surface area contributed by atoms with Crippen LogP contribution in [-0.4, -0.2) is 59.8 Å². The van der Waals surface area contributed by atoms with E-state index in [1.807, 2.05) is 24.3 Å². The van der Waals surface area contributed by atoms with Crippen molar-refractivity contribution in [2.24, 2.45) is 5.41 Å². The van der Waals surface area contributed by atoms with Crippen LogP contribution >= 0.6 is 17.2 Å². The lowest BCUT2D eigenvalue weighted by Gasteiger charge is -2.49. The molecule has 252 valence electrons. The molecule has 2 aromatic carbocycles. The molecule has 0 aromatic heterocycles. The number of hydrogen-bond donors (Lipinski definition) is 8. The normalized spacial score (nSPS) is 13.8. The zero-order valence-corrected chi connectivity index (χ0v) is 30.3. The van der Waals surface area contributed by atoms with Gasteiger partial charge in [-0.15, -0.1) is 0 Å². The second-order valence-electron chi connectivity index (χ2n) is 15.6. The summed E-state index contributed by atoms with van der Waals surface area (Å²) in [7, 11) is -5.22. The molecule has 44 heavy (non-hydrogen) atoms. The van der Waals surface area contributed by atoms with E-state index >= 15 is 0 Å². The van der Waals surface area contributed by atoms with Crippen LogP contribution < -0.4 is 0 Å². The van der Waals surface area contributed by atoms with Gasteiger partial charge in [0, 0.05) is 0 Å². The number of aliphatic hydroxyl groups excluding tert-OH is 3. The maximum Gasteiger partial charge on any atom is 0.334 e. The molecule has 2 aromatic rings. The Labute approximate surface area is 266 Å². The average molecular weight is 659 g/mol. The van der Waals surface area contributed by atoms with E-state index in [0.29, 0.717) is 11.1 Å². The fourth-order valence-corrected chi connectivity index (χ4v) is 5.69.